The van der Waals surface area contributed by atoms with Gasteiger partial charge in [-0.25, -0.2) is 9.97 Å². The van der Waals surface area contributed by atoms with Crippen molar-refractivity contribution in [1.29, 1.82) is 0 Å². The maximum atomic E-state index is 5.70. The molecule has 2 aliphatic rings. The van der Waals surface area contributed by atoms with Gasteiger partial charge >= 0.3 is 0 Å². The van der Waals surface area contributed by atoms with Crippen molar-refractivity contribution in [2.45, 2.75) is 25.7 Å². The van der Waals surface area contributed by atoms with Crippen molar-refractivity contribution >= 4 is 17.4 Å². The fourth-order valence-corrected chi connectivity index (χ4v) is 2.72. The van der Waals surface area contributed by atoms with Gasteiger partial charge in [0.15, 0.2) is 0 Å². The van der Waals surface area contributed by atoms with Gasteiger partial charge in [-0.05, 0) is 54.7 Å². The second kappa shape index (κ2) is 3.34. The van der Waals surface area contributed by atoms with Crippen LogP contribution in [0.1, 0.15) is 25.7 Å². The fraction of sp³-hybridized carbons (Fsp3) is 0.636. The van der Waals surface area contributed by atoms with E-state index in [2.05, 4.69) is 15.3 Å². The zero-order chi connectivity index (χ0) is 10.3. The van der Waals surface area contributed by atoms with Crippen LogP contribution >= 0.6 is 11.6 Å². The Kier molecular flexibility index (Phi) is 2.09. The van der Waals surface area contributed by atoms with Crippen LogP contribution < -0.4 is 5.32 Å². The average Bonchev–Trinajstić information content (AvgIpc) is 2.93. The lowest BCUT2D eigenvalue weighted by atomic mass is 9.72. The van der Waals surface area contributed by atoms with Crippen molar-refractivity contribution in [2.75, 3.05) is 11.9 Å². The van der Waals surface area contributed by atoms with E-state index < -0.39 is 0 Å². The Labute approximate surface area is 94.3 Å². The molecule has 1 heterocycles. The second-order valence-electron chi connectivity index (χ2n) is 4.87. The summed E-state index contributed by atoms with van der Waals surface area (Å²) in [6.07, 6.45) is 7.41. The lowest BCUT2D eigenvalue weighted by Gasteiger charge is -2.36. The van der Waals surface area contributed by atoms with E-state index in [9.17, 15) is 0 Å². The van der Waals surface area contributed by atoms with Gasteiger partial charge in [-0.1, -0.05) is 0 Å². The van der Waals surface area contributed by atoms with Crippen molar-refractivity contribution in [1.82, 2.24) is 9.97 Å². The Morgan fingerprint density at radius 2 is 2.27 bits per heavy atom. The topological polar surface area (TPSA) is 37.8 Å². The summed E-state index contributed by atoms with van der Waals surface area (Å²) in [6, 6.07) is 1.86. The molecule has 1 N–H and O–H groups in total. The molecule has 0 radical (unpaired) electrons. The number of halogens is 1. The SMILES string of the molecule is Clc1nccc(NCC2CC3(CC3)C2)n1. The van der Waals surface area contributed by atoms with Crippen LogP contribution in [-0.2, 0) is 0 Å². The fourth-order valence-electron chi connectivity index (χ4n) is 2.58. The second-order valence-corrected chi connectivity index (χ2v) is 5.20. The molecule has 3 rings (SSSR count). The number of aromatic nitrogens is 2. The molecule has 2 saturated carbocycles. The van der Waals surface area contributed by atoms with Gasteiger partial charge in [0, 0.05) is 12.7 Å². The molecule has 0 amide bonds. The normalized spacial score (nSPS) is 22.5. The minimum Gasteiger partial charge on any atom is -0.370 e. The van der Waals surface area contributed by atoms with E-state index in [1.807, 2.05) is 6.07 Å². The molecule has 2 aliphatic carbocycles. The summed E-state index contributed by atoms with van der Waals surface area (Å²) < 4.78 is 0. The van der Waals surface area contributed by atoms with Crippen LogP contribution in [0, 0.1) is 11.3 Å². The van der Waals surface area contributed by atoms with Crippen LogP contribution in [0.4, 0.5) is 5.82 Å². The first-order valence-electron chi connectivity index (χ1n) is 5.48. The molecule has 1 aromatic heterocycles. The average molecular weight is 224 g/mol. The number of nitrogens with one attached hydrogen (secondary N) is 1. The Morgan fingerprint density at radius 3 is 2.93 bits per heavy atom. The summed E-state index contributed by atoms with van der Waals surface area (Å²) in [5.41, 5.74) is 0.787. The molecular weight excluding hydrogens is 210 g/mol. The van der Waals surface area contributed by atoms with Crippen LogP contribution in [-0.4, -0.2) is 16.5 Å². The van der Waals surface area contributed by atoms with E-state index in [1.54, 1.807) is 6.20 Å². The van der Waals surface area contributed by atoms with Crippen LogP contribution in [0.25, 0.3) is 0 Å². The quantitative estimate of drug-likeness (QED) is 0.801. The van der Waals surface area contributed by atoms with Gasteiger partial charge in [0.05, 0.1) is 0 Å². The predicted octanol–water partition coefficient (Wildman–Crippen LogP) is 2.73. The summed E-state index contributed by atoms with van der Waals surface area (Å²) in [5, 5.41) is 3.63. The van der Waals surface area contributed by atoms with Crippen LogP contribution in [0.2, 0.25) is 5.28 Å². The van der Waals surface area contributed by atoms with Crippen molar-refractivity contribution < 1.29 is 0 Å². The maximum Gasteiger partial charge on any atom is 0.224 e. The molecule has 0 atom stereocenters. The Morgan fingerprint density at radius 1 is 1.47 bits per heavy atom. The molecule has 2 fully saturated rings. The highest BCUT2D eigenvalue weighted by molar-refractivity contribution is 6.28. The number of rotatable bonds is 3. The van der Waals surface area contributed by atoms with Gasteiger partial charge in [0.25, 0.3) is 0 Å². The molecule has 0 aromatic carbocycles. The minimum atomic E-state index is 0.312. The standard InChI is InChI=1S/C11H14ClN3/c12-10-13-4-1-9(15-10)14-7-8-5-11(6-8)2-3-11/h1,4,8H,2-3,5-7H2,(H,13,14,15). The molecule has 15 heavy (non-hydrogen) atoms. The minimum absolute atomic E-state index is 0.312. The Hall–Kier alpha value is -0.830. The molecule has 3 nitrogen and oxygen atoms in total. The first kappa shape index (κ1) is 9.40. The summed E-state index contributed by atoms with van der Waals surface area (Å²) in [5.74, 6) is 1.67. The molecule has 4 heteroatoms. The first-order valence-corrected chi connectivity index (χ1v) is 5.86. The Bertz CT molecular complexity index is 368. The summed E-state index contributed by atoms with van der Waals surface area (Å²) in [6.45, 7) is 1.02. The summed E-state index contributed by atoms with van der Waals surface area (Å²) in [7, 11) is 0. The third-order valence-electron chi connectivity index (χ3n) is 3.60. The number of hydrogen-bond acceptors (Lipinski definition) is 3. The molecule has 0 unspecified atom stereocenters. The first-order chi connectivity index (χ1) is 7.26. The molecule has 1 spiro atoms. The van der Waals surface area contributed by atoms with Gasteiger partial charge in [-0.3, -0.25) is 0 Å². The highest BCUT2D eigenvalue weighted by Gasteiger charge is 2.52. The smallest absolute Gasteiger partial charge is 0.224 e. The van der Waals surface area contributed by atoms with Crippen molar-refractivity contribution in [3.8, 4) is 0 Å². The lowest BCUT2D eigenvalue weighted by Crippen LogP contribution is -2.30. The number of anilines is 1. The van der Waals surface area contributed by atoms with Gasteiger partial charge in [-0.15, -0.1) is 0 Å². The summed E-state index contributed by atoms with van der Waals surface area (Å²) >= 11 is 5.70. The third-order valence-corrected chi connectivity index (χ3v) is 3.78. The van der Waals surface area contributed by atoms with E-state index in [-0.39, 0.29) is 0 Å². The van der Waals surface area contributed by atoms with Crippen LogP contribution in [0.15, 0.2) is 12.3 Å². The van der Waals surface area contributed by atoms with Crippen molar-refractivity contribution in [2.24, 2.45) is 11.3 Å². The van der Waals surface area contributed by atoms with E-state index in [1.165, 1.54) is 25.7 Å². The van der Waals surface area contributed by atoms with E-state index in [4.69, 9.17) is 11.6 Å². The van der Waals surface area contributed by atoms with Gasteiger partial charge in [-0.2, -0.15) is 0 Å². The van der Waals surface area contributed by atoms with E-state index in [0.29, 0.717) is 5.28 Å². The van der Waals surface area contributed by atoms with E-state index in [0.717, 1.165) is 23.7 Å². The monoisotopic (exact) mass is 223 g/mol. The maximum absolute atomic E-state index is 5.70. The number of hydrogen-bond donors (Lipinski definition) is 1. The molecular formula is C11H14ClN3. The van der Waals surface area contributed by atoms with Crippen LogP contribution in [0.5, 0.6) is 0 Å². The Balaban J connectivity index is 1.49. The highest BCUT2D eigenvalue weighted by atomic mass is 35.5. The van der Waals surface area contributed by atoms with E-state index >= 15 is 0 Å². The van der Waals surface area contributed by atoms with Crippen LogP contribution in [0.3, 0.4) is 0 Å². The van der Waals surface area contributed by atoms with Gasteiger partial charge in [0.1, 0.15) is 5.82 Å². The molecule has 1 aromatic rings. The largest absolute Gasteiger partial charge is 0.370 e. The predicted molar refractivity (Wildman–Crippen MR) is 59.9 cm³/mol. The highest BCUT2D eigenvalue weighted by Crippen LogP contribution is 2.63. The molecule has 0 aliphatic heterocycles. The van der Waals surface area contributed by atoms with Crippen molar-refractivity contribution in [3.63, 3.8) is 0 Å². The molecule has 0 bridgehead atoms. The summed E-state index contributed by atoms with van der Waals surface area (Å²) in [4.78, 5) is 7.95. The zero-order valence-electron chi connectivity index (χ0n) is 8.54. The third kappa shape index (κ3) is 1.93. The molecule has 80 valence electrons. The van der Waals surface area contributed by atoms with Crippen molar-refractivity contribution in [3.05, 3.63) is 17.5 Å². The lowest BCUT2D eigenvalue weighted by molar-refractivity contribution is 0.180. The molecule has 0 saturated heterocycles. The van der Waals surface area contributed by atoms with Gasteiger partial charge < -0.3 is 5.32 Å². The number of nitrogens with zero attached hydrogens (tertiary/aromatic N) is 2. The zero-order valence-corrected chi connectivity index (χ0v) is 9.30. The van der Waals surface area contributed by atoms with Gasteiger partial charge in [0.2, 0.25) is 5.28 Å².